The van der Waals surface area contributed by atoms with Crippen LogP contribution in [0.25, 0.3) is 11.1 Å². The summed E-state index contributed by atoms with van der Waals surface area (Å²) in [5, 5.41) is 5.62. The first kappa shape index (κ1) is 29.6. The van der Waals surface area contributed by atoms with Crippen LogP contribution in [0.3, 0.4) is 0 Å². The summed E-state index contributed by atoms with van der Waals surface area (Å²) in [4.78, 5) is 41.5. The van der Waals surface area contributed by atoms with Gasteiger partial charge in [0.15, 0.2) is 0 Å². The van der Waals surface area contributed by atoms with Gasteiger partial charge in [0.05, 0.1) is 6.54 Å². The Balaban J connectivity index is 0.00000216. The maximum atomic E-state index is 13.2. The number of hydrogen-bond acceptors (Lipinski definition) is 5. The highest BCUT2D eigenvalue weighted by Crippen LogP contribution is 2.20. The van der Waals surface area contributed by atoms with E-state index in [2.05, 4.69) is 15.6 Å². The molecule has 40 heavy (non-hydrogen) atoms. The Morgan fingerprint density at radius 3 is 2.23 bits per heavy atom. The molecule has 0 fully saturated rings. The number of halogens is 1. The SMILES string of the molecule is CC.Cc1ccccc1NC(=O)Nc1ccc(-c2cccn(Cc3ccc(N(C)CC(=O)OF)cc3)c2=O)cc1. The Bertz CT molecular complexity index is 1480. The van der Waals surface area contributed by atoms with Gasteiger partial charge in [-0.05, 0) is 66.1 Å². The van der Waals surface area contributed by atoms with Gasteiger partial charge in [-0.2, -0.15) is 0 Å². The number of likely N-dealkylation sites (N-methyl/N-ethyl adjacent to an activating group) is 1. The summed E-state index contributed by atoms with van der Waals surface area (Å²) in [6.07, 6.45) is 1.72. The van der Waals surface area contributed by atoms with Gasteiger partial charge in [0.1, 0.15) is 6.54 Å². The van der Waals surface area contributed by atoms with Crippen LogP contribution in [0, 0.1) is 6.92 Å². The summed E-state index contributed by atoms with van der Waals surface area (Å²) in [7, 11) is 1.65. The number of aromatic nitrogens is 1. The summed E-state index contributed by atoms with van der Waals surface area (Å²) in [5.74, 6) is -0.978. The van der Waals surface area contributed by atoms with Crippen molar-refractivity contribution in [3.63, 3.8) is 0 Å². The second-order valence-corrected chi connectivity index (χ2v) is 8.80. The van der Waals surface area contributed by atoms with Gasteiger partial charge < -0.3 is 20.1 Å². The highest BCUT2D eigenvalue weighted by atomic mass is 19.3. The van der Waals surface area contributed by atoms with Crippen molar-refractivity contribution < 1.29 is 19.1 Å². The number of carbonyl (C=O) groups is 2. The lowest BCUT2D eigenvalue weighted by atomic mass is 10.1. The third-order valence-corrected chi connectivity index (χ3v) is 6.05. The molecule has 9 heteroatoms. The molecule has 0 atom stereocenters. The Labute approximate surface area is 232 Å². The first-order valence-corrected chi connectivity index (χ1v) is 12.9. The average molecular weight is 545 g/mol. The Morgan fingerprint density at radius 2 is 1.57 bits per heavy atom. The highest BCUT2D eigenvalue weighted by molar-refractivity contribution is 6.00. The fraction of sp³-hybridized carbons (Fsp3) is 0.194. The number of pyridine rings is 1. The number of aryl methyl sites for hydroxylation is 1. The molecular formula is C31H33FN4O4. The topological polar surface area (TPSA) is 92.7 Å². The summed E-state index contributed by atoms with van der Waals surface area (Å²) < 4.78 is 13.6. The fourth-order valence-electron chi connectivity index (χ4n) is 3.97. The molecule has 0 bridgehead atoms. The molecule has 0 aliphatic heterocycles. The minimum absolute atomic E-state index is 0.155. The molecule has 208 valence electrons. The number of hydrogen-bond donors (Lipinski definition) is 2. The average Bonchev–Trinajstić information content (AvgIpc) is 2.97. The smallest absolute Gasteiger partial charge is 0.364 e. The predicted octanol–water partition coefficient (Wildman–Crippen LogP) is 6.41. The highest BCUT2D eigenvalue weighted by Gasteiger charge is 2.11. The van der Waals surface area contributed by atoms with Gasteiger partial charge in [0, 0.05) is 40.4 Å². The summed E-state index contributed by atoms with van der Waals surface area (Å²) in [6, 6.07) is 25.1. The summed E-state index contributed by atoms with van der Waals surface area (Å²) >= 11 is 0. The van der Waals surface area contributed by atoms with Crippen molar-refractivity contribution in [2.75, 3.05) is 29.1 Å². The van der Waals surface area contributed by atoms with Crippen LogP contribution in [-0.4, -0.2) is 30.2 Å². The molecule has 2 amide bonds. The van der Waals surface area contributed by atoms with E-state index in [0.717, 1.165) is 22.4 Å². The van der Waals surface area contributed by atoms with E-state index in [4.69, 9.17) is 0 Å². The molecule has 0 spiro atoms. The Hall–Kier alpha value is -4.92. The van der Waals surface area contributed by atoms with Crippen molar-refractivity contribution in [2.45, 2.75) is 27.3 Å². The van der Waals surface area contributed by atoms with Crippen LogP contribution in [0.15, 0.2) is 95.9 Å². The zero-order valence-electron chi connectivity index (χ0n) is 23.0. The standard InChI is InChI=1S/C29H27FN4O4.C2H6/c1-20-6-3-4-8-26(20)32-29(37)31-23-13-11-22(12-14-23)25-7-5-17-34(28(25)36)18-21-9-15-24(16-10-21)33(2)19-27(35)38-30;1-2/h3-17H,18-19H2,1-2H3,(H2,31,32,37);1-2H3. The van der Waals surface area contributed by atoms with E-state index in [0.29, 0.717) is 23.5 Å². The molecule has 0 saturated heterocycles. The van der Waals surface area contributed by atoms with Crippen molar-refractivity contribution in [1.29, 1.82) is 0 Å². The van der Waals surface area contributed by atoms with E-state index in [9.17, 15) is 18.9 Å². The van der Waals surface area contributed by atoms with Gasteiger partial charge in [-0.25, -0.2) is 9.59 Å². The minimum Gasteiger partial charge on any atom is -0.364 e. The van der Waals surface area contributed by atoms with E-state index in [-0.39, 0.29) is 18.1 Å². The molecule has 2 N–H and O–H groups in total. The van der Waals surface area contributed by atoms with Crippen LogP contribution in [0.4, 0.5) is 26.4 Å². The van der Waals surface area contributed by atoms with Crippen molar-refractivity contribution in [2.24, 2.45) is 0 Å². The molecule has 0 aliphatic carbocycles. The van der Waals surface area contributed by atoms with Crippen molar-refractivity contribution >= 4 is 29.1 Å². The number of nitrogens with zero attached hydrogens (tertiary/aromatic N) is 2. The van der Waals surface area contributed by atoms with Gasteiger partial charge in [-0.1, -0.05) is 56.3 Å². The first-order chi connectivity index (χ1) is 19.3. The summed E-state index contributed by atoms with van der Waals surface area (Å²) in [5.41, 5.74) is 4.99. The number of urea groups is 1. The molecule has 3 aromatic carbocycles. The lowest BCUT2D eigenvalue weighted by Crippen LogP contribution is -2.25. The van der Waals surface area contributed by atoms with Crippen LogP contribution in [-0.2, 0) is 16.3 Å². The van der Waals surface area contributed by atoms with Gasteiger partial charge in [0.2, 0.25) is 0 Å². The number of para-hydroxylation sites is 1. The fourth-order valence-corrected chi connectivity index (χ4v) is 3.97. The summed E-state index contributed by atoms with van der Waals surface area (Å²) in [6.45, 7) is 6.05. The first-order valence-electron chi connectivity index (χ1n) is 12.9. The van der Waals surface area contributed by atoms with Crippen LogP contribution in [0.5, 0.6) is 0 Å². The zero-order valence-corrected chi connectivity index (χ0v) is 23.0. The van der Waals surface area contributed by atoms with Gasteiger partial charge >= 0.3 is 12.0 Å². The lowest BCUT2D eigenvalue weighted by molar-refractivity contribution is -0.181. The van der Waals surface area contributed by atoms with E-state index in [1.807, 2.05) is 63.2 Å². The normalized spacial score (nSPS) is 10.1. The number of benzene rings is 3. The maximum absolute atomic E-state index is 13.2. The minimum atomic E-state index is -0.978. The van der Waals surface area contributed by atoms with Gasteiger partial charge in [-0.15, -0.1) is 0 Å². The van der Waals surface area contributed by atoms with Crippen LogP contribution >= 0.6 is 0 Å². The monoisotopic (exact) mass is 544 g/mol. The lowest BCUT2D eigenvalue weighted by Gasteiger charge is -2.17. The molecule has 0 saturated carbocycles. The second-order valence-electron chi connectivity index (χ2n) is 8.80. The third-order valence-electron chi connectivity index (χ3n) is 6.05. The number of rotatable bonds is 8. The molecule has 1 aromatic heterocycles. The quantitative estimate of drug-likeness (QED) is 0.268. The van der Waals surface area contributed by atoms with E-state index in [1.54, 1.807) is 65.2 Å². The molecule has 0 unspecified atom stereocenters. The number of nitrogens with one attached hydrogen (secondary N) is 2. The molecule has 0 aliphatic rings. The van der Waals surface area contributed by atoms with Crippen molar-refractivity contribution in [3.8, 4) is 11.1 Å². The maximum Gasteiger partial charge on any atom is 0.367 e. The number of carbonyl (C=O) groups excluding carboxylic acids is 2. The van der Waals surface area contributed by atoms with Crippen molar-refractivity contribution in [3.05, 3.63) is 113 Å². The molecular weight excluding hydrogens is 511 g/mol. The van der Waals surface area contributed by atoms with E-state index >= 15 is 0 Å². The van der Waals surface area contributed by atoms with Gasteiger partial charge in [-0.3, -0.25) is 9.74 Å². The predicted molar refractivity (Wildman–Crippen MR) is 157 cm³/mol. The largest absolute Gasteiger partial charge is 0.367 e. The molecule has 4 aromatic rings. The molecule has 0 radical (unpaired) electrons. The Morgan fingerprint density at radius 1 is 0.900 bits per heavy atom. The van der Waals surface area contributed by atoms with Crippen LogP contribution in [0.1, 0.15) is 25.0 Å². The third kappa shape index (κ3) is 7.80. The van der Waals surface area contributed by atoms with Crippen LogP contribution < -0.4 is 21.1 Å². The van der Waals surface area contributed by atoms with Crippen LogP contribution in [0.2, 0.25) is 0 Å². The second kappa shape index (κ2) is 14.3. The molecule has 4 rings (SSSR count). The number of amides is 2. The van der Waals surface area contributed by atoms with E-state index in [1.165, 1.54) is 0 Å². The van der Waals surface area contributed by atoms with E-state index < -0.39 is 5.97 Å². The number of anilines is 3. The van der Waals surface area contributed by atoms with Crippen molar-refractivity contribution in [1.82, 2.24) is 4.57 Å². The zero-order chi connectivity index (χ0) is 29.1. The Kier molecular flexibility index (Phi) is 10.6. The molecule has 8 nitrogen and oxygen atoms in total. The molecule has 1 heterocycles. The van der Waals surface area contributed by atoms with Gasteiger partial charge in [0.25, 0.3) is 5.56 Å².